The first-order chi connectivity index (χ1) is 13.0. The first-order valence-corrected chi connectivity index (χ1v) is 13.2. The third-order valence-corrected chi connectivity index (χ3v) is 11.5. The van der Waals surface area contributed by atoms with Gasteiger partial charge in [0.2, 0.25) is 0 Å². The average Bonchev–Trinajstić information content (AvgIpc) is 3.22. The fourth-order valence-corrected chi connectivity index (χ4v) is 10.9. The molecule has 29 heavy (non-hydrogen) atoms. The third kappa shape index (κ3) is 4.13. The van der Waals surface area contributed by atoms with E-state index in [1.54, 1.807) is 33.4 Å². The second kappa shape index (κ2) is 9.68. The van der Waals surface area contributed by atoms with Crippen molar-refractivity contribution < 1.29 is 48.0 Å². The minimum Gasteiger partial charge on any atom is -1.00 e. The molecule has 2 aliphatic carbocycles. The van der Waals surface area contributed by atoms with E-state index in [-0.39, 0.29) is 24.8 Å². The number of allylic oxidation sites excluding steroid dienone is 2. The van der Waals surface area contributed by atoms with E-state index < -0.39 is 23.2 Å². The number of benzene rings is 2. The van der Waals surface area contributed by atoms with Gasteiger partial charge in [-0.2, -0.15) is 0 Å². The molecule has 2 aliphatic rings. The Morgan fingerprint density at radius 1 is 0.621 bits per heavy atom. The predicted octanol–water partition coefficient (Wildman–Crippen LogP) is 1.41. The van der Waals surface area contributed by atoms with Gasteiger partial charge in [0.15, 0.2) is 0 Å². The van der Waals surface area contributed by atoms with Crippen LogP contribution in [-0.4, -0.2) is 0 Å². The predicted molar refractivity (Wildman–Crippen MR) is 114 cm³/mol. The van der Waals surface area contributed by atoms with Crippen LogP contribution >= 0.6 is 0 Å². The number of aryl methyl sites for hydroxylation is 4. The zero-order valence-corrected chi connectivity index (χ0v) is 22.3. The quantitative estimate of drug-likeness (QED) is 0.591. The Hall–Kier alpha value is -0.617. The fraction of sp³-hybridized carbons (Fsp3) is 0.385. The molecule has 0 heterocycles. The smallest absolute Gasteiger partial charge is 1.00 e. The molecule has 4 rings (SSSR count). The fourth-order valence-electron chi connectivity index (χ4n) is 4.93. The maximum absolute atomic E-state index is 2.54. The maximum Gasteiger partial charge on any atom is -1.00 e. The summed E-state index contributed by atoms with van der Waals surface area (Å²) >= 11 is -0.739. The minimum absolute atomic E-state index is 0. The molecule has 0 saturated carbocycles. The van der Waals surface area contributed by atoms with E-state index in [0.717, 1.165) is 7.25 Å². The Bertz CT molecular complexity index is 905. The number of halogens is 2. The van der Waals surface area contributed by atoms with Gasteiger partial charge in [-0.15, -0.1) is 0 Å². The summed E-state index contributed by atoms with van der Waals surface area (Å²) < 4.78 is 1.47. The molecular weight excluding hydrogens is 474 g/mol. The van der Waals surface area contributed by atoms with Crippen molar-refractivity contribution in [3.05, 3.63) is 79.9 Å². The molecule has 2 unspecified atom stereocenters. The molecule has 0 fully saturated rings. The summed E-state index contributed by atoms with van der Waals surface area (Å²) in [5.41, 5.74) is 15.7. The van der Waals surface area contributed by atoms with Crippen LogP contribution in [0.1, 0.15) is 78.4 Å². The molecule has 0 aromatic heterocycles. The van der Waals surface area contributed by atoms with Gasteiger partial charge in [-0.25, -0.2) is 0 Å². The molecule has 3 heteroatoms. The number of hydrogen-bond acceptors (Lipinski definition) is 0. The molecular formula is C26H30Cl2Zr. The zero-order valence-electron chi connectivity index (χ0n) is 18.3. The van der Waals surface area contributed by atoms with Crippen LogP contribution in [0.5, 0.6) is 0 Å². The van der Waals surface area contributed by atoms with Crippen LogP contribution < -0.4 is 24.8 Å². The van der Waals surface area contributed by atoms with Crippen LogP contribution in [0, 0.1) is 27.7 Å². The molecule has 0 spiro atoms. The van der Waals surface area contributed by atoms with E-state index in [1.807, 2.05) is 0 Å². The molecule has 2 aromatic carbocycles. The van der Waals surface area contributed by atoms with Crippen LogP contribution in [0.15, 0.2) is 35.4 Å². The van der Waals surface area contributed by atoms with Crippen molar-refractivity contribution in [2.75, 3.05) is 0 Å². The first kappa shape index (κ1) is 24.7. The second-order valence-corrected chi connectivity index (χ2v) is 11.9. The summed E-state index contributed by atoms with van der Waals surface area (Å²) in [6.07, 6.45) is 7.46. The van der Waals surface area contributed by atoms with Crippen molar-refractivity contribution in [2.24, 2.45) is 0 Å². The molecule has 0 nitrogen and oxygen atoms in total. The molecule has 2 atom stereocenters. The number of fused-ring (bicyclic) bond motifs is 2. The molecule has 0 amide bonds. The topological polar surface area (TPSA) is 0 Å². The molecule has 0 bridgehead atoms. The van der Waals surface area contributed by atoms with Gasteiger partial charge in [0.1, 0.15) is 0 Å². The van der Waals surface area contributed by atoms with E-state index in [2.05, 4.69) is 78.0 Å². The van der Waals surface area contributed by atoms with E-state index in [4.69, 9.17) is 0 Å². The van der Waals surface area contributed by atoms with E-state index >= 15 is 0 Å². The van der Waals surface area contributed by atoms with Crippen molar-refractivity contribution in [2.45, 2.75) is 61.6 Å². The first-order valence-electron chi connectivity index (χ1n) is 10.3. The van der Waals surface area contributed by atoms with Gasteiger partial charge in [-0.3, -0.25) is 0 Å². The summed E-state index contributed by atoms with van der Waals surface area (Å²) in [7, 11) is 0. The SMILES string of the molecule is CCC1=Cc2c(C)ccc(C)c2[CH]1[Zr+2][CH]1C(CC)=Cc2c(C)ccc(C)c21.[Cl-].[Cl-]. The molecule has 0 aliphatic heterocycles. The van der Waals surface area contributed by atoms with Crippen LogP contribution in [0.4, 0.5) is 0 Å². The summed E-state index contributed by atoms with van der Waals surface area (Å²) in [5, 5.41) is 0. The summed E-state index contributed by atoms with van der Waals surface area (Å²) in [4.78, 5) is 0. The van der Waals surface area contributed by atoms with E-state index in [9.17, 15) is 0 Å². The normalized spacial score (nSPS) is 18.7. The van der Waals surface area contributed by atoms with Crippen molar-refractivity contribution in [3.8, 4) is 0 Å². The Kier molecular flexibility index (Phi) is 8.22. The Balaban J connectivity index is 0.00000150. The van der Waals surface area contributed by atoms with E-state index in [0.29, 0.717) is 0 Å². The van der Waals surface area contributed by atoms with Gasteiger partial charge < -0.3 is 24.8 Å². The van der Waals surface area contributed by atoms with Gasteiger partial charge >= 0.3 is 177 Å². The van der Waals surface area contributed by atoms with Gasteiger partial charge in [0.25, 0.3) is 0 Å². The van der Waals surface area contributed by atoms with Gasteiger partial charge in [-0.05, 0) is 0 Å². The minimum atomic E-state index is -0.739. The van der Waals surface area contributed by atoms with Crippen LogP contribution in [-0.2, 0) is 23.2 Å². The molecule has 152 valence electrons. The standard InChI is InChI=1S/2C13H15.2ClH.Zr/c2*1-4-11-7-12-9(2)5-6-10(3)13(12)8-11;;;/h2*5-8H,4H2,1-3H3;2*1H;/q;;;;+2/p-2. The van der Waals surface area contributed by atoms with Crippen molar-refractivity contribution in [1.29, 1.82) is 0 Å². The Morgan fingerprint density at radius 3 is 1.31 bits per heavy atom. The summed E-state index contributed by atoms with van der Waals surface area (Å²) in [5.74, 6) is 0. The van der Waals surface area contributed by atoms with Crippen molar-refractivity contribution in [3.63, 3.8) is 0 Å². The largest absolute Gasteiger partial charge is 1.00 e. The molecule has 2 aromatic rings. The van der Waals surface area contributed by atoms with Crippen LogP contribution in [0.2, 0.25) is 0 Å². The molecule has 0 radical (unpaired) electrons. The third-order valence-electron chi connectivity index (χ3n) is 6.57. The number of rotatable bonds is 4. The van der Waals surface area contributed by atoms with Gasteiger partial charge in [0.05, 0.1) is 0 Å². The Morgan fingerprint density at radius 2 is 0.966 bits per heavy atom. The van der Waals surface area contributed by atoms with Crippen molar-refractivity contribution >= 4 is 12.2 Å². The monoisotopic (exact) mass is 502 g/mol. The van der Waals surface area contributed by atoms with E-state index in [1.165, 1.54) is 35.1 Å². The second-order valence-electron chi connectivity index (χ2n) is 8.23. The van der Waals surface area contributed by atoms with Crippen LogP contribution in [0.25, 0.3) is 12.2 Å². The molecule has 0 N–H and O–H groups in total. The molecule has 0 saturated heterocycles. The average molecular weight is 505 g/mol. The summed E-state index contributed by atoms with van der Waals surface area (Å²) in [6, 6.07) is 9.31. The maximum atomic E-state index is 2.54. The van der Waals surface area contributed by atoms with Gasteiger partial charge in [-0.1, -0.05) is 0 Å². The van der Waals surface area contributed by atoms with Crippen molar-refractivity contribution in [1.82, 2.24) is 0 Å². The number of hydrogen-bond donors (Lipinski definition) is 0. The van der Waals surface area contributed by atoms with Gasteiger partial charge in [0, 0.05) is 0 Å². The van der Waals surface area contributed by atoms with Crippen LogP contribution in [0.3, 0.4) is 0 Å². The zero-order chi connectivity index (χ0) is 19.3. The Labute approximate surface area is 200 Å². The summed E-state index contributed by atoms with van der Waals surface area (Å²) in [6.45, 7) is 13.9.